The fourth-order valence-electron chi connectivity index (χ4n) is 1.47. The number of ketones is 1. The van der Waals surface area contributed by atoms with Gasteiger partial charge >= 0.3 is 0 Å². The molecule has 2 nitrogen and oxygen atoms in total. The molecule has 3 heteroatoms. The quantitative estimate of drug-likeness (QED) is 0.666. The average molecular weight is 182 g/mol. The van der Waals surface area contributed by atoms with Gasteiger partial charge in [-0.15, -0.1) is 11.3 Å². The first-order chi connectivity index (χ1) is 5.81. The smallest absolute Gasteiger partial charge is 0.174 e. The van der Waals surface area contributed by atoms with Gasteiger partial charge in [-0.1, -0.05) is 0 Å². The highest BCUT2D eigenvalue weighted by atomic mass is 32.1. The van der Waals surface area contributed by atoms with Crippen molar-refractivity contribution in [3.05, 3.63) is 16.5 Å². The van der Waals surface area contributed by atoms with Crippen molar-refractivity contribution < 1.29 is 9.53 Å². The summed E-state index contributed by atoms with van der Waals surface area (Å²) in [5.41, 5.74) is 0.892. The molecule has 1 aromatic heterocycles. The molecule has 1 aromatic rings. The second-order valence-electron chi connectivity index (χ2n) is 2.88. The molecule has 0 unspecified atom stereocenters. The van der Waals surface area contributed by atoms with Crippen molar-refractivity contribution in [3.8, 4) is 5.06 Å². The van der Waals surface area contributed by atoms with E-state index in [2.05, 4.69) is 0 Å². The van der Waals surface area contributed by atoms with Crippen molar-refractivity contribution >= 4 is 17.1 Å². The summed E-state index contributed by atoms with van der Waals surface area (Å²) < 4.78 is 5.08. The van der Waals surface area contributed by atoms with E-state index >= 15 is 0 Å². The number of carbonyl (C=O) groups is 1. The van der Waals surface area contributed by atoms with Gasteiger partial charge in [0.2, 0.25) is 0 Å². The molecule has 0 amide bonds. The summed E-state index contributed by atoms with van der Waals surface area (Å²) in [5.74, 6) is 0.274. The van der Waals surface area contributed by atoms with E-state index in [0.29, 0.717) is 6.42 Å². The van der Waals surface area contributed by atoms with Crippen molar-refractivity contribution in [1.82, 2.24) is 0 Å². The van der Waals surface area contributed by atoms with Crippen LogP contribution >= 0.6 is 11.3 Å². The highest BCUT2D eigenvalue weighted by molar-refractivity contribution is 7.14. The monoisotopic (exact) mass is 182 g/mol. The van der Waals surface area contributed by atoms with Crippen LogP contribution in [0.5, 0.6) is 5.06 Å². The van der Waals surface area contributed by atoms with E-state index in [1.165, 1.54) is 4.88 Å². The normalized spacial score (nSPS) is 15.9. The molecule has 0 aromatic carbocycles. The van der Waals surface area contributed by atoms with Gasteiger partial charge in [0.25, 0.3) is 0 Å². The Labute approximate surface area is 75.2 Å². The predicted molar refractivity (Wildman–Crippen MR) is 48.1 cm³/mol. The van der Waals surface area contributed by atoms with E-state index in [-0.39, 0.29) is 5.78 Å². The minimum Gasteiger partial charge on any atom is -0.487 e. The standard InChI is InChI=1S/C9H10O2S/c1-11-9-5-6-7(10)3-2-4-8(6)12-9/h5H,2-4H2,1H3. The van der Waals surface area contributed by atoms with Crippen LogP contribution in [0, 0.1) is 0 Å². The molecule has 1 heterocycles. The van der Waals surface area contributed by atoms with Crippen LogP contribution in [0.25, 0.3) is 0 Å². The van der Waals surface area contributed by atoms with Gasteiger partial charge in [-0.05, 0) is 12.8 Å². The molecule has 1 aliphatic carbocycles. The van der Waals surface area contributed by atoms with E-state index in [0.717, 1.165) is 23.5 Å². The van der Waals surface area contributed by atoms with Gasteiger partial charge in [-0.2, -0.15) is 0 Å². The Morgan fingerprint density at radius 3 is 3.00 bits per heavy atom. The fourth-order valence-corrected chi connectivity index (χ4v) is 2.50. The summed E-state index contributed by atoms with van der Waals surface area (Å²) in [6, 6.07) is 1.86. The second-order valence-corrected chi connectivity index (χ2v) is 3.98. The largest absolute Gasteiger partial charge is 0.487 e. The van der Waals surface area contributed by atoms with Crippen LogP contribution in [0.2, 0.25) is 0 Å². The summed E-state index contributed by atoms with van der Waals surface area (Å²) in [4.78, 5) is 12.6. The Balaban J connectivity index is 2.43. The number of hydrogen-bond donors (Lipinski definition) is 0. The number of thiophene rings is 1. The fraction of sp³-hybridized carbons (Fsp3) is 0.444. The third-order valence-corrected chi connectivity index (χ3v) is 3.25. The third-order valence-electron chi connectivity index (χ3n) is 2.10. The lowest BCUT2D eigenvalue weighted by atomic mass is 9.98. The number of Topliss-reactive ketones (excluding diaryl/α,β-unsaturated/α-hetero) is 1. The molecule has 0 bridgehead atoms. The number of hydrogen-bond acceptors (Lipinski definition) is 3. The summed E-state index contributed by atoms with van der Waals surface area (Å²) in [7, 11) is 1.64. The molecular formula is C9H10O2S. The maximum Gasteiger partial charge on any atom is 0.174 e. The van der Waals surface area contributed by atoms with Gasteiger partial charge in [-0.25, -0.2) is 0 Å². The van der Waals surface area contributed by atoms with Gasteiger partial charge in [-0.3, -0.25) is 4.79 Å². The van der Waals surface area contributed by atoms with Gasteiger partial charge in [0, 0.05) is 22.9 Å². The number of rotatable bonds is 1. The third kappa shape index (κ3) is 1.14. The first kappa shape index (κ1) is 7.80. The summed E-state index contributed by atoms with van der Waals surface area (Å²) in [6.07, 6.45) is 2.73. The Morgan fingerprint density at radius 1 is 1.50 bits per heavy atom. The van der Waals surface area contributed by atoms with E-state index in [1.807, 2.05) is 6.07 Å². The van der Waals surface area contributed by atoms with Crippen LogP contribution in [-0.2, 0) is 6.42 Å². The predicted octanol–water partition coefficient (Wildman–Crippen LogP) is 2.28. The maximum atomic E-state index is 11.4. The van der Waals surface area contributed by atoms with Crippen molar-refractivity contribution in [1.29, 1.82) is 0 Å². The van der Waals surface area contributed by atoms with Crippen molar-refractivity contribution in [3.63, 3.8) is 0 Å². The average Bonchev–Trinajstić information content (AvgIpc) is 2.49. The molecule has 2 rings (SSSR count). The molecule has 0 saturated heterocycles. The zero-order valence-corrected chi connectivity index (χ0v) is 7.74. The first-order valence-corrected chi connectivity index (χ1v) is 4.83. The molecule has 0 N–H and O–H groups in total. The topological polar surface area (TPSA) is 26.3 Å². The maximum absolute atomic E-state index is 11.4. The Hall–Kier alpha value is -0.830. The lowest BCUT2D eigenvalue weighted by molar-refractivity contribution is 0.0973. The van der Waals surface area contributed by atoms with Crippen molar-refractivity contribution in [2.45, 2.75) is 19.3 Å². The van der Waals surface area contributed by atoms with E-state index in [9.17, 15) is 4.79 Å². The van der Waals surface area contributed by atoms with Crippen LogP contribution in [0.3, 0.4) is 0 Å². The number of carbonyl (C=O) groups excluding carboxylic acids is 1. The highest BCUT2D eigenvalue weighted by Crippen LogP contribution is 2.33. The van der Waals surface area contributed by atoms with Gasteiger partial charge < -0.3 is 4.74 Å². The Bertz CT molecular complexity index is 314. The molecule has 0 saturated carbocycles. The minimum atomic E-state index is 0.274. The minimum absolute atomic E-state index is 0.274. The van der Waals surface area contributed by atoms with Crippen LogP contribution in [-0.4, -0.2) is 12.9 Å². The second kappa shape index (κ2) is 2.90. The number of fused-ring (bicyclic) bond motifs is 1. The zero-order valence-electron chi connectivity index (χ0n) is 6.92. The van der Waals surface area contributed by atoms with E-state index in [1.54, 1.807) is 18.4 Å². The van der Waals surface area contributed by atoms with Gasteiger partial charge in [0.05, 0.1) is 7.11 Å². The van der Waals surface area contributed by atoms with E-state index < -0.39 is 0 Å². The van der Waals surface area contributed by atoms with Crippen LogP contribution in [0.15, 0.2) is 6.07 Å². The van der Waals surface area contributed by atoms with Gasteiger partial charge in [0.15, 0.2) is 10.8 Å². The highest BCUT2D eigenvalue weighted by Gasteiger charge is 2.20. The van der Waals surface area contributed by atoms with Crippen LogP contribution in [0.1, 0.15) is 28.1 Å². The zero-order chi connectivity index (χ0) is 8.55. The first-order valence-electron chi connectivity index (χ1n) is 4.01. The molecule has 12 heavy (non-hydrogen) atoms. The van der Waals surface area contributed by atoms with Crippen LogP contribution in [0.4, 0.5) is 0 Å². The molecule has 0 atom stereocenters. The van der Waals surface area contributed by atoms with E-state index in [4.69, 9.17) is 4.74 Å². The molecule has 1 aliphatic rings. The van der Waals surface area contributed by atoms with Crippen LogP contribution < -0.4 is 4.74 Å². The molecule has 0 radical (unpaired) electrons. The summed E-state index contributed by atoms with van der Waals surface area (Å²) in [6.45, 7) is 0. The summed E-state index contributed by atoms with van der Waals surface area (Å²) >= 11 is 1.60. The Kier molecular flexibility index (Phi) is 1.89. The lowest BCUT2D eigenvalue weighted by Gasteiger charge is -2.07. The lowest BCUT2D eigenvalue weighted by Crippen LogP contribution is -2.06. The molecule has 0 fully saturated rings. The Morgan fingerprint density at radius 2 is 2.33 bits per heavy atom. The number of methoxy groups -OCH3 is 1. The van der Waals surface area contributed by atoms with Crippen molar-refractivity contribution in [2.24, 2.45) is 0 Å². The molecule has 64 valence electrons. The summed E-state index contributed by atoms with van der Waals surface area (Å²) in [5, 5.41) is 0.857. The molecular weight excluding hydrogens is 172 g/mol. The molecule has 0 aliphatic heterocycles. The number of aryl methyl sites for hydroxylation is 1. The number of ether oxygens (including phenoxy) is 1. The van der Waals surface area contributed by atoms with Gasteiger partial charge in [0.1, 0.15) is 0 Å². The van der Waals surface area contributed by atoms with Crippen molar-refractivity contribution in [2.75, 3.05) is 7.11 Å². The SMILES string of the molecule is COc1cc2c(s1)CCCC2=O. The molecule has 0 spiro atoms.